The summed E-state index contributed by atoms with van der Waals surface area (Å²) in [5.74, 6) is 0.933. The topological polar surface area (TPSA) is 24.5 Å². The van der Waals surface area contributed by atoms with E-state index in [1.807, 2.05) is 0 Å². The number of piperazine rings is 1. The van der Waals surface area contributed by atoms with Gasteiger partial charge < -0.3 is 10.1 Å². The van der Waals surface area contributed by atoms with E-state index in [2.05, 4.69) is 17.1 Å². The fraction of sp³-hybridized carbons (Fsp3) is 1.00. The van der Waals surface area contributed by atoms with E-state index in [1.165, 1.54) is 32.4 Å². The first-order valence-electron chi connectivity index (χ1n) is 6.35. The highest BCUT2D eigenvalue weighted by Gasteiger charge is 2.45. The summed E-state index contributed by atoms with van der Waals surface area (Å²) in [6, 6.07) is 0.699. The predicted molar refractivity (Wildman–Crippen MR) is 59.9 cm³/mol. The number of nitrogens with zero attached hydrogens (tertiary/aromatic N) is 1. The van der Waals surface area contributed by atoms with Gasteiger partial charge in [-0.05, 0) is 32.1 Å². The third kappa shape index (κ3) is 1.93. The molecule has 3 rings (SSSR count). The van der Waals surface area contributed by atoms with E-state index < -0.39 is 0 Å². The number of nitrogens with one attached hydrogen (secondary N) is 1. The third-order valence-electron chi connectivity index (χ3n) is 4.36. The molecule has 2 heterocycles. The Morgan fingerprint density at radius 3 is 2.87 bits per heavy atom. The Bertz CT molecular complexity index is 236. The second-order valence-corrected chi connectivity index (χ2v) is 5.61. The van der Waals surface area contributed by atoms with Gasteiger partial charge in [-0.1, -0.05) is 0 Å². The van der Waals surface area contributed by atoms with Crippen molar-refractivity contribution >= 4 is 0 Å². The minimum Gasteiger partial charge on any atom is -0.380 e. The zero-order valence-corrected chi connectivity index (χ0v) is 9.67. The van der Waals surface area contributed by atoms with Gasteiger partial charge in [0.1, 0.15) is 0 Å². The van der Waals surface area contributed by atoms with Crippen molar-refractivity contribution in [3.05, 3.63) is 0 Å². The molecule has 3 nitrogen and oxygen atoms in total. The van der Waals surface area contributed by atoms with Gasteiger partial charge in [0, 0.05) is 37.8 Å². The first-order chi connectivity index (χ1) is 7.28. The first-order valence-corrected chi connectivity index (χ1v) is 6.35. The highest BCUT2D eigenvalue weighted by molar-refractivity contribution is 5.03. The molecule has 0 spiro atoms. The largest absolute Gasteiger partial charge is 0.380 e. The minimum absolute atomic E-state index is 0.390. The zero-order valence-electron chi connectivity index (χ0n) is 9.67. The van der Waals surface area contributed by atoms with Crippen LogP contribution < -0.4 is 5.32 Å². The molecule has 1 saturated carbocycles. The van der Waals surface area contributed by atoms with E-state index in [-0.39, 0.29) is 0 Å². The molecule has 0 bridgehead atoms. The lowest BCUT2D eigenvalue weighted by Crippen LogP contribution is -2.62. The highest BCUT2D eigenvalue weighted by atomic mass is 16.5. The molecule has 2 unspecified atom stereocenters. The van der Waals surface area contributed by atoms with E-state index >= 15 is 0 Å². The van der Waals surface area contributed by atoms with Crippen LogP contribution in [0.15, 0.2) is 0 Å². The van der Waals surface area contributed by atoms with Gasteiger partial charge in [0.2, 0.25) is 0 Å². The zero-order chi connectivity index (χ0) is 10.3. The van der Waals surface area contributed by atoms with Crippen LogP contribution in [0.2, 0.25) is 0 Å². The summed E-state index contributed by atoms with van der Waals surface area (Å²) in [6.07, 6.45) is 4.10. The predicted octanol–water partition coefficient (Wildman–Crippen LogP) is 0.849. The van der Waals surface area contributed by atoms with E-state index in [0.29, 0.717) is 11.6 Å². The molecule has 1 N–H and O–H groups in total. The minimum atomic E-state index is 0.390. The average Bonchev–Trinajstić information content (AvgIpc) is 2.96. The summed E-state index contributed by atoms with van der Waals surface area (Å²) in [6.45, 7) is 7.92. The van der Waals surface area contributed by atoms with Crippen LogP contribution in [0.5, 0.6) is 0 Å². The molecule has 15 heavy (non-hydrogen) atoms. The molecule has 0 aromatic carbocycles. The summed E-state index contributed by atoms with van der Waals surface area (Å²) in [5, 5.41) is 3.73. The molecule has 0 amide bonds. The summed E-state index contributed by atoms with van der Waals surface area (Å²) in [5.41, 5.74) is 0.390. The van der Waals surface area contributed by atoms with Crippen molar-refractivity contribution < 1.29 is 4.74 Å². The van der Waals surface area contributed by atoms with Gasteiger partial charge in [-0.3, -0.25) is 4.90 Å². The Kier molecular flexibility index (Phi) is 2.49. The monoisotopic (exact) mass is 210 g/mol. The number of hydrogen-bond donors (Lipinski definition) is 1. The lowest BCUT2D eigenvalue weighted by Gasteiger charge is -2.44. The van der Waals surface area contributed by atoms with E-state index in [1.54, 1.807) is 0 Å². The first kappa shape index (κ1) is 10.1. The van der Waals surface area contributed by atoms with Crippen LogP contribution in [0.4, 0.5) is 0 Å². The molecule has 86 valence electrons. The van der Waals surface area contributed by atoms with Crippen LogP contribution in [-0.4, -0.2) is 49.3 Å². The molecule has 0 radical (unpaired) electrons. The quantitative estimate of drug-likeness (QED) is 0.731. The molecule has 1 aliphatic carbocycles. The number of ether oxygens (including phenoxy) is 1. The molecule has 2 aliphatic heterocycles. The average molecular weight is 210 g/mol. The normalized spacial score (nSPS) is 43.4. The van der Waals surface area contributed by atoms with E-state index in [4.69, 9.17) is 4.74 Å². The maximum absolute atomic E-state index is 5.49. The van der Waals surface area contributed by atoms with Crippen LogP contribution in [0, 0.1) is 5.92 Å². The Morgan fingerprint density at radius 1 is 1.33 bits per heavy atom. The van der Waals surface area contributed by atoms with Crippen molar-refractivity contribution in [1.29, 1.82) is 0 Å². The Balaban J connectivity index is 1.64. The maximum atomic E-state index is 5.49. The summed E-state index contributed by atoms with van der Waals surface area (Å²) in [4.78, 5) is 2.65. The molecule has 0 aromatic heterocycles. The van der Waals surface area contributed by atoms with Crippen molar-refractivity contribution in [2.45, 2.75) is 37.8 Å². The lowest BCUT2D eigenvalue weighted by molar-refractivity contribution is 0.0776. The molecule has 2 saturated heterocycles. The molecule has 0 aromatic rings. The molecule has 3 heteroatoms. The van der Waals surface area contributed by atoms with Crippen molar-refractivity contribution in [2.24, 2.45) is 5.92 Å². The van der Waals surface area contributed by atoms with Crippen molar-refractivity contribution in [2.75, 3.05) is 32.8 Å². The fourth-order valence-electron chi connectivity index (χ4n) is 3.16. The third-order valence-corrected chi connectivity index (χ3v) is 4.36. The SMILES string of the molecule is CC1(C2CC2)CN(C2CCOC2)CCN1. The number of rotatable bonds is 2. The van der Waals surface area contributed by atoms with E-state index in [0.717, 1.165) is 25.7 Å². The fourth-order valence-corrected chi connectivity index (χ4v) is 3.16. The number of hydrogen-bond acceptors (Lipinski definition) is 3. The standard InChI is InChI=1S/C12H22N2O/c1-12(10-2-3-10)9-14(6-5-13-12)11-4-7-15-8-11/h10-11,13H,2-9H2,1H3. The van der Waals surface area contributed by atoms with Crippen molar-refractivity contribution in [3.63, 3.8) is 0 Å². The summed E-state index contributed by atoms with van der Waals surface area (Å²) < 4.78 is 5.49. The summed E-state index contributed by atoms with van der Waals surface area (Å²) in [7, 11) is 0. The van der Waals surface area contributed by atoms with Crippen molar-refractivity contribution in [1.82, 2.24) is 10.2 Å². The van der Waals surface area contributed by atoms with Crippen LogP contribution >= 0.6 is 0 Å². The van der Waals surface area contributed by atoms with Gasteiger partial charge in [0.15, 0.2) is 0 Å². The summed E-state index contributed by atoms with van der Waals surface area (Å²) >= 11 is 0. The van der Waals surface area contributed by atoms with Crippen molar-refractivity contribution in [3.8, 4) is 0 Å². The highest BCUT2D eigenvalue weighted by Crippen LogP contribution is 2.41. The van der Waals surface area contributed by atoms with Gasteiger partial charge in [0.05, 0.1) is 6.61 Å². The Labute approximate surface area is 92.2 Å². The second kappa shape index (κ2) is 3.72. The second-order valence-electron chi connectivity index (χ2n) is 5.61. The van der Waals surface area contributed by atoms with Gasteiger partial charge >= 0.3 is 0 Å². The lowest BCUT2D eigenvalue weighted by atomic mass is 9.92. The maximum Gasteiger partial charge on any atom is 0.0622 e. The van der Waals surface area contributed by atoms with Crippen LogP contribution in [0.1, 0.15) is 26.2 Å². The Morgan fingerprint density at radius 2 is 2.20 bits per heavy atom. The smallest absolute Gasteiger partial charge is 0.0622 e. The molecular formula is C12H22N2O. The molecule has 3 aliphatic rings. The van der Waals surface area contributed by atoms with Gasteiger partial charge in [-0.15, -0.1) is 0 Å². The van der Waals surface area contributed by atoms with Gasteiger partial charge in [-0.25, -0.2) is 0 Å². The van der Waals surface area contributed by atoms with Crippen LogP contribution in [-0.2, 0) is 4.74 Å². The van der Waals surface area contributed by atoms with Crippen LogP contribution in [0.3, 0.4) is 0 Å². The Hall–Kier alpha value is -0.120. The van der Waals surface area contributed by atoms with Crippen LogP contribution in [0.25, 0.3) is 0 Å². The molecule has 3 fully saturated rings. The molecular weight excluding hydrogens is 188 g/mol. The van der Waals surface area contributed by atoms with Gasteiger partial charge in [-0.2, -0.15) is 0 Å². The van der Waals surface area contributed by atoms with E-state index in [9.17, 15) is 0 Å². The van der Waals surface area contributed by atoms with Gasteiger partial charge in [0.25, 0.3) is 0 Å². The molecule has 2 atom stereocenters.